The van der Waals surface area contributed by atoms with Crippen molar-refractivity contribution >= 4 is 5.69 Å². The standard InChI is InChI=1S/C11H14F3NO/c1-7(2)16-10-6-8(11(12,13)14)4-5-9(10)15-3/h4-7,15H,1-3H3. The van der Waals surface area contributed by atoms with Crippen molar-refractivity contribution in [3.05, 3.63) is 23.8 Å². The zero-order valence-corrected chi connectivity index (χ0v) is 9.35. The number of benzene rings is 1. The van der Waals surface area contributed by atoms with Gasteiger partial charge in [-0.05, 0) is 32.0 Å². The van der Waals surface area contributed by atoms with Crippen molar-refractivity contribution in [2.45, 2.75) is 26.1 Å². The van der Waals surface area contributed by atoms with Crippen LogP contribution in [0.1, 0.15) is 19.4 Å². The van der Waals surface area contributed by atoms with Gasteiger partial charge in [-0.3, -0.25) is 0 Å². The van der Waals surface area contributed by atoms with E-state index in [9.17, 15) is 13.2 Å². The second kappa shape index (κ2) is 4.63. The van der Waals surface area contributed by atoms with E-state index < -0.39 is 11.7 Å². The van der Waals surface area contributed by atoms with E-state index in [-0.39, 0.29) is 11.9 Å². The van der Waals surface area contributed by atoms with Gasteiger partial charge in [0.1, 0.15) is 5.75 Å². The highest BCUT2D eigenvalue weighted by Gasteiger charge is 2.31. The van der Waals surface area contributed by atoms with Crippen LogP contribution in [-0.4, -0.2) is 13.2 Å². The lowest BCUT2D eigenvalue weighted by molar-refractivity contribution is -0.137. The largest absolute Gasteiger partial charge is 0.489 e. The molecule has 1 N–H and O–H groups in total. The molecule has 0 atom stereocenters. The Morgan fingerprint density at radius 2 is 1.88 bits per heavy atom. The Morgan fingerprint density at radius 3 is 2.31 bits per heavy atom. The fourth-order valence-corrected chi connectivity index (χ4v) is 1.26. The predicted molar refractivity (Wildman–Crippen MR) is 56.8 cm³/mol. The minimum atomic E-state index is -4.35. The van der Waals surface area contributed by atoms with Crippen molar-refractivity contribution in [2.24, 2.45) is 0 Å². The Bertz CT molecular complexity index is 361. The zero-order valence-electron chi connectivity index (χ0n) is 9.35. The van der Waals surface area contributed by atoms with Gasteiger partial charge in [-0.25, -0.2) is 0 Å². The second-order valence-corrected chi connectivity index (χ2v) is 3.63. The molecular formula is C11H14F3NO. The van der Waals surface area contributed by atoms with E-state index in [1.807, 2.05) is 0 Å². The van der Waals surface area contributed by atoms with Gasteiger partial charge in [0.2, 0.25) is 0 Å². The molecule has 0 spiro atoms. The van der Waals surface area contributed by atoms with Crippen molar-refractivity contribution in [2.75, 3.05) is 12.4 Å². The molecule has 0 saturated heterocycles. The zero-order chi connectivity index (χ0) is 12.3. The van der Waals surface area contributed by atoms with Crippen LogP contribution >= 0.6 is 0 Å². The maximum Gasteiger partial charge on any atom is 0.416 e. The number of hydrogen-bond acceptors (Lipinski definition) is 2. The van der Waals surface area contributed by atoms with Gasteiger partial charge >= 0.3 is 6.18 Å². The van der Waals surface area contributed by atoms with E-state index in [0.29, 0.717) is 5.69 Å². The van der Waals surface area contributed by atoms with Crippen LogP contribution in [-0.2, 0) is 6.18 Å². The van der Waals surface area contributed by atoms with Crippen molar-refractivity contribution in [1.29, 1.82) is 0 Å². The van der Waals surface area contributed by atoms with Crippen molar-refractivity contribution < 1.29 is 17.9 Å². The first-order chi connectivity index (χ1) is 7.34. The fourth-order valence-electron chi connectivity index (χ4n) is 1.26. The first kappa shape index (κ1) is 12.7. The molecular weight excluding hydrogens is 219 g/mol. The molecule has 0 fully saturated rings. The summed E-state index contributed by atoms with van der Waals surface area (Å²) in [7, 11) is 1.63. The highest BCUT2D eigenvalue weighted by atomic mass is 19.4. The number of hydrogen-bond donors (Lipinski definition) is 1. The van der Waals surface area contributed by atoms with Crippen LogP contribution in [0.25, 0.3) is 0 Å². The Kier molecular flexibility index (Phi) is 3.67. The summed E-state index contributed by atoms with van der Waals surface area (Å²) < 4.78 is 42.7. The molecule has 0 aromatic heterocycles. The summed E-state index contributed by atoms with van der Waals surface area (Å²) in [5.74, 6) is 0.215. The monoisotopic (exact) mass is 233 g/mol. The summed E-state index contributed by atoms with van der Waals surface area (Å²) in [6.45, 7) is 3.53. The summed E-state index contributed by atoms with van der Waals surface area (Å²) >= 11 is 0. The molecule has 0 heterocycles. The van der Waals surface area contributed by atoms with Gasteiger partial charge in [0, 0.05) is 7.05 Å². The summed E-state index contributed by atoms with van der Waals surface area (Å²) in [4.78, 5) is 0. The van der Waals surface area contributed by atoms with Crippen molar-refractivity contribution in [1.82, 2.24) is 0 Å². The van der Waals surface area contributed by atoms with E-state index in [0.717, 1.165) is 12.1 Å². The minimum Gasteiger partial charge on any atom is -0.489 e. The number of rotatable bonds is 3. The van der Waals surface area contributed by atoms with E-state index >= 15 is 0 Å². The number of halogens is 3. The Morgan fingerprint density at radius 1 is 1.25 bits per heavy atom. The Balaban J connectivity index is 3.11. The average Bonchev–Trinajstić information content (AvgIpc) is 2.15. The highest BCUT2D eigenvalue weighted by Crippen LogP contribution is 2.35. The van der Waals surface area contributed by atoms with Crippen molar-refractivity contribution in [3.63, 3.8) is 0 Å². The van der Waals surface area contributed by atoms with Crippen LogP contribution in [0, 0.1) is 0 Å². The van der Waals surface area contributed by atoms with E-state index in [2.05, 4.69) is 5.32 Å². The number of ether oxygens (including phenoxy) is 1. The summed E-state index contributed by atoms with van der Waals surface area (Å²) in [6.07, 6.45) is -4.52. The predicted octanol–water partition coefficient (Wildman–Crippen LogP) is 3.53. The lowest BCUT2D eigenvalue weighted by atomic mass is 10.2. The maximum atomic E-state index is 12.5. The van der Waals surface area contributed by atoms with Gasteiger partial charge in [-0.2, -0.15) is 13.2 Å². The molecule has 1 aromatic carbocycles. The number of nitrogens with one attached hydrogen (secondary N) is 1. The molecule has 0 aliphatic heterocycles. The average molecular weight is 233 g/mol. The molecule has 0 amide bonds. The highest BCUT2D eigenvalue weighted by molar-refractivity contribution is 5.57. The molecule has 0 saturated carbocycles. The summed E-state index contributed by atoms with van der Waals surface area (Å²) in [5.41, 5.74) is -0.163. The van der Waals surface area contributed by atoms with Crippen LogP contribution < -0.4 is 10.1 Å². The van der Waals surface area contributed by atoms with Crippen LogP contribution in [0.3, 0.4) is 0 Å². The van der Waals surface area contributed by atoms with Gasteiger partial charge in [0.15, 0.2) is 0 Å². The smallest absolute Gasteiger partial charge is 0.416 e. The molecule has 1 aromatic rings. The van der Waals surface area contributed by atoms with Gasteiger partial charge < -0.3 is 10.1 Å². The lowest BCUT2D eigenvalue weighted by Crippen LogP contribution is -2.10. The lowest BCUT2D eigenvalue weighted by Gasteiger charge is -2.16. The van der Waals surface area contributed by atoms with E-state index in [1.165, 1.54) is 6.07 Å². The third-order valence-corrected chi connectivity index (χ3v) is 1.94. The molecule has 0 bridgehead atoms. The number of anilines is 1. The minimum absolute atomic E-state index is 0.171. The van der Waals surface area contributed by atoms with Gasteiger partial charge in [-0.1, -0.05) is 0 Å². The normalized spacial score (nSPS) is 11.7. The summed E-state index contributed by atoms with van der Waals surface area (Å²) in [6, 6.07) is 3.39. The third-order valence-electron chi connectivity index (χ3n) is 1.94. The maximum absolute atomic E-state index is 12.5. The molecule has 5 heteroatoms. The van der Waals surface area contributed by atoms with Gasteiger partial charge in [0.05, 0.1) is 17.4 Å². The van der Waals surface area contributed by atoms with E-state index in [4.69, 9.17) is 4.74 Å². The molecule has 0 radical (unpaired) electrons. The van der Waals surface area contributed by atoms with Crippen LogP contribution in [0.4, 0.5) is 18.9 Å². The van der Waals surface area contributed by atoms with E-state index in [1.54, 1.807) is 20.9 Å². The van der Waals surface area contributed by atoms with Gasteiger partial charge in [-0.15, -0.1) is 0 Å². The fraction of sp³-hybridized carbons (Fsp3) is 0.455. The topological polar surface area (TPSA) is 21.3 Å². The van der Waals surface area contributed by atoms with Crippen LogP contribution in [0.15, 0.2) is 18.2 Å². The number of alkyl halides is 3. The third kappa shape index (κ3) is 3.05. The molecule has 1 rings (SSSR count). The molecule has 0 aliphatic carbocycles. The molecule has 90 valence electrons. The first-order valence-corrected chi connectivity index (χ1v) is 4.90. The van der Waals surface area contributed by atoms with Crippen LogP contribution in [0.2, 0.25) is 0 Å². The van der Waals surface area contributed by atoms with Crippen LogP contribution in [0.5, 0.6) is 5.75 Å². The summed E-state index contributed by atoms with van der Waals surface area (Å²) in [5, 5.41) is 2.79. The molecule has 2 nitrogen and oxygen atoms in total. The van der Waals surface area contributed by atoms with Gasteiger partial charge in [0.25, 0.3) is 0 Å². The molecule has 0 unspecified atom stereocenters. The first-order valence-electron chi connectivity index (χ1n) is 4.90. The molecule has 16 heavy (non-hydrogen) atoms. The second-order valence-electron chi connectivity index (χ2n) is 3.63. The quantitative estimate of drug-likeness (QED) is 0.862. The Labute approximate surface area is 92.4 Å². The SMILES string of the molecule is CNc1ccc(C(F)(F)F)cc1OC(C)C. The molecule has 0 aliphatic rings. The van der Waals surface area contributed by atoms with Crippen molar-refractivity contribution in [3.8, 4) is 5.75 Å². The Hall–Kier alpha value is -1.39.